The van der Waals surface area contributed by atoms with E-state index >= 15 is 0 Å². The highest BCUT2D eigenvalue weighted by molar-refractivity contribution is 5.92. The summed E-state index contributed by atoms with van der Waals surface area (Å²) >= 11 is 0. The first-order valence-electron chi connectivity index (χ1n) is 6.71. The predicted octanol–water partition coefficient (Wildman–Crippen LogP) is 2.06. The maximum atomic E-state index is 12.4. The fraction of sp³-hybridized carbons (Fsp3) is 0.267. The van der Waals surface area contributed by atoms with Gasteiger partial charge in [-0.15, -0.1) is 10.2 Å². The summed E-state index contributed by atoms with van der Waals surface area (Å²) in [7, 11) is 0. The van der Waals surface area contributed by atoms with E-state index in [2.05, 4.69) is 27.6 Å². The number of carbonyl (C=O) groups excluding carboxylic acids is 1. The van der Waals surface area contributed by atoms with Crippen molar-refractivity contribution in [1.29, 1.82) is 0 Å². The molecule has 2 heterocycles. The van der Waals surface area contributed by atoms with Crippen LogP contribution in [0, 0.1) is 0 Å². The highest BCUT2D eigenvalue weighted by atomic mass is 16.2. The Morgan fingerprint density at radius 2 is 1.85 bits per heavy atom. The minimum absolute atomic E-state index is 0.0725. The predicted molar refractivity (Wildman–Crippen MR) is 76.2 cm³/mol. The second kappa shape index (κ2) is 5.28. The van der Waals surface area contributed by atoms with Crippen LogP contribution in [0.15, 0.2) is 36.4 Å². The van der Waals surface area contributed by atoms with Crippen molar-refractivity contribution in [3.8, 4) is 0 Å². The van der Waals surface area contributed by atoms with E-state index in [1.807, 2.05) is 19.1 Å². The molecule has 0 bridgehead atoms. The maximum Gasteiger partial charge on any atom is 0.274 e. The number of aromatic nitrogens is 2. The first-order chi connectivity index (χ1) is 9.78. The van der Waals surface area contributed by atoms with Crippen LogP contribution >= 0.6 is 0 Å². The summed E-state index contributed by atoms with van der Waals surface area (Å²) in [5.74, 6) is 0.616. The van der Waals surface area contributed by atoms with Crippen molar-refractivity contribution in [3.05, 3.63) is 53.2 Å². The Morgan fingerprint density at radius 1 is 1.15 bits per heavy atom. The number of nitrogens with one attached hydrogen (secondary N) is 1. The lowest BCUT2D eigenvalue weighted by molar-refractivity contribution is 0.0744. The third-order valence-corrected chi connectivity index (χ3v) is 3.37. The molecule has 1 aliphatic heterocycles. The van der Waals surface area contributed by atoms with Gasteiger partial charge in [0.2, 0.25) is 0 Å². The standard InChI is InChI=1S/C15H16N4O/c1-2-16-14-8-7-13(17-18-14)15(20)19-9-11-5-3-4-6-12(11)10-19/h3-8H,2,9-10H2,1H3,(H,16,18). The molecule has 2 aromatic rings. The van der Waals surface area contributed by atoms with Gasteiger partial charge >= 0.3 is 0 Å². The summed E-state index contributed by atoms with van der Waals surface area (Å²) in [6.07, 6.45) is 0. The van der Waals surface area contributed by atoms with Crippen LogP contribution in [0.5, 0.6) is 0 Å². The molecule has 1 aromatic carbocycles. The van der Waals surface area contributed by atoms with Crippen molar-refractivity contribution in [2.24, 2.45) is 0 Å². The number of benzene rings is 1. The van der Waals surface area contributed by atoms with Gasteiger partial charge in [-0.2, -0.15) is 0 Å². The Labute approximate surface area is 117 Å². The summed E-state index contributed by atoms with van der Waals surface area (Å²) in [5, 5.41) is 11.1. The summed E-state index contributed by atoms with van der Waals surface area (Å²) < 4.78 is 0. The van der Waals surface area contributed by atoms with E-state index < -0.39 is 0 Å². The molecule has 1 N–H and O–H groups in total. The molecule has 0 unspecified atom stereocenters. The van der Waals surface area contributed by atoms with E-state index in [1.165, 1.54) is 11.1 Å². The molecule has 0 spiro atoms. The highest BCUT2D eigenvalue weighted by Crippen LogP contribution is 2.23. The van der Waals surface area contributed by atoms with Gasteiger partial charge in [-0.1, -0.05) is 24.3 Å². The molecule has 0 radical (unpaired) electrons. The maximum absolute atomic E-state index is 12.4. The molecule has 0 atom stereocenters. The van der Waals surface area contributed by atoms with Crippen LogP contribution in [-0.4, -0.2) is 27.5 Å². The van der Waals surface area contributed by atoms with E-state index in [4.69, 9.17) is 0 Å². The summed E-state index contributed by atoms with van der Waals surface area (Å²) in [5.41, 5.74) is 2.80. The Kier molecular flexibility index (Phi) is 3.33. The van der Waals surface area contributed by atoms with Gasteiger partial charge in [0.05, 0.1) is 0 Å². The Morgan fingerprint density at radius 3 is 2.40 bits per heavy atom. The van der Waals surface area contributed by atoms with Crippen molar-refractivity contribution in [2.75, 3.05) is 11.9 Å². The van der Waals surface area contributed by atoms with Crippen LogP contribution in [0.2, 0.25) is 0 Å². The summed E-state index contributed by atoms with van der Waals surface area (Å²) in [6.45, 7) is 4.06. The third kappa shape index (κ3) is 2.34. The lowest BCUT2D eigenvalue weighted by Crippen LogP contribution is -2.26. The van der Waals surface area contributed by atoms with E-state index in [0.717, 1.165) is 6.54 Å². The van der Waals surface area contributed by atoms with Crippen molar-refractivity contribution in [2.45, 2.75) is 20.0 Å². The number of nitrogens with zero attached hydrogens (tertiary/aromatic N) is 3. The number of amides is 1. The van der Waals surface area contributed by atoms with E-state index in [9.17, 15) is 4.79 Å². The number of carbonyl (C=O) groups is 1. The quantitative estimate of drug-likeness (QED) is 0.925. The van der Waals surface area contributed by atoms with Crippen molar-refractivity contribution in [3.63, 3.8) is 0 Å². The minimum atomic E-state index is -0.0725. The molecule has 0 fully saturated rings. The molecular formula is C15H16N4O. The molecule has 1 aliphatic rings. The van der Waals surface area contributed by atoms with Gasteiger partial charge in [-0.3, -0.25) is 4.79 Å². The minimum Gasteiger partial charge on any atom is -0.369 e. The van der Waals surface area contributed by atoms with Gasteiger partial charge in [0, 0.05) is 19.6 Å². The Balaban J connectivity index is 1.74. The van der Waals surface area contributed by atoms with Gasteiger partial charge in [0.25, 0.3) is 5.91 Å². The van der Waals surface area contributed by atoms with Crippen LogP contribution in [0.3, 0.4) is 0 Å². The van der Waals surface area contributed by atoms with Crippen molar-refractivity contribution in [1.82, 2.24) is 15.1 Å². The topological polar surface area (TPSA) is 58.1 Å². The molecule has 0 saturated heterocycles. The van der Waals surface area contributed by atoms with E-state index in [0.29, 0.717) is 24.6 Å². The average molecular weight is 268 g/mol. The summed E-state index contributed by atoms with van der Waals surface area (Å²) in [4.78, 5) is 14.2. The van der Waals surface area contributed by atoms with Crippen LogP contribution in [-0.2, 0) is 13.1 Å². The fourth-order valence-electron chi connectivity index (χ4n) is 2.36. The van der Waals surface area contributed by atoms with Gasteiger partial charge in [-0.05, 0) is 30.2 Å². The van der Waals surface area contributed by atoms with Crippen molar-refractivity contribution >= 4 is 11.7 Å². The number of anilines is 1. The van der Waals surface area contributed by atoms with E-state index in [1.54, 1.807) is 17.0 Å². The molecule has 3 rings (SSSR count). The number of fused-ring (bicyclic) bond motifs is 1. The molecule has 0 saturated carbocycles. The lowest BCUT2D eigenvalue weighted by atomic mass is 10.1. The normalized spacial score (nSPS) is 13.2. The molecule has 5 heteroatoms. The Bertz CT molecular complexity index is 599. The molecule has 1 amide bonds. The highest BCUT2D eigenvalue weighted by Gasteiger charge is 2.24. The monoisotopic (exact) mass is 268 g/mol. The zero-order valence-electron chi connectivity index (χ0n) is 11.3. The fourth-order valence-corrected chi connectivity index (χ4v) is 2.36. The van der Waals surface area contributed by atoms with Gasteiger partial charge in [0.15, 0.2) is 5.69 Å². The second-order valence-corrected chi connectivity index (χ2v) is 4.76. The third-order valence-electron chi connectivity index (χ3n) is 3.37. The number of rotatable bonds is 3. The molecular weight excluding hydrogens is 252 g/mol. The lowest BCUT2D eigenvalue weighted by Gasteiger charge is -2.14. The van der Waals surface area contributed by atoms with Crippen LogP contribution in [0.25, 0.3) is 0 Å². The zero-order chi connectivity index (χ0) is 13.9. The first-order valence-corrected chi connectivity index (χ1v) is 6.71. The van der Waals surface area contributed by atoms with Gasteiger partial charge in [-0.25, -0.2) is 0 Å². The molecule has 102 valence electrons. The number of hydrogen-bond donors (Lipinski definition) is 1. The van der Waals surface area contributed by atoms with Crippen LogP contribution in [0.4, 0.5) is 5.82 Å². The zero-order valence-corrected chi connectivity index (χ0v) is 11.3. The average Bonchev–Trinajstić information content (AvgIpc) is 2.91. The summed E-state index contributed by atoms with van der Waals surface area (Å²) in [6, 6.07) is 11.6. The number of hydrogen-bond acceptors (Lipinski definition) is 4. The van der Waals surface area contributed by atoms with Crippen molar-refractivity contribution < 1.29 is 4.79 Å². The van der Waals surface area contributed by atoms with Gasteiger partial charge < -0.3 is 10.2 Å². The first kappa shape index (κ1) is 12.6. The van der Waals surface area contributed by atoms with Crippen LogP contribution in [0.1, 0.15) is 28.5 Å². The molecule has 20 heavy (non-hydrogen) atoms. The SMILES string of the molecule is CCNc1ccc(C(=O)N2Cc3ccccc3C2)nn1. The Hall–Kier alpha value is -2.43. The molecule has 0 aliphatic carbocycles. The van der Waals surface area contributed by atoms with E-state index in [-0.39, 0.29) is 5.91 Å². The largest absolute Gasteiger partial charge is 0.369 e. The smallest absolute Gasteiger partial charge is 0.274 e. The second-order valence-electron chi connectivity index (χ2n) is 4.76. The van der Waals surface area contributed by atoms with Gasteiger partial charge in [0.1, 0.15) is 5.82 Å². The molecule has 5 nitrogen and oxygen atoms in total. The van der Waals surface area contributed by atoms with Crippen LogP contribution < -0.4 is 5.32 Å². The molecule has 1 aromatic heterocycles.